The number of amides is 1. The van der Waals surface area contributed by atoms with Crippen molar-refractivity contribution in [1.82, 2.24) is 4.98 Å². The molecule has 3 N–H and O–H groups in total. The first kappa shape index (κ1) is 17.7. The number of nitrogens with one attached hydrogen (secondary N) is 2. The highest BCUT2D eigenvalue weighted by Crippen LogP contribution is 2.29. The average Bonchev–Trinajstić information content (AvgIpc) is 2.62. The van der Waals surface area contributed by atoms with Gasteiger partial charge < -0.3 is 20.1 Å². The summed E-state index contributed by atoms with van der Waals surface area (Å²) in [5, 5.41) is 13.0. The molecule has 0 bridgehead atoms. The number of hydrogen-bond donors (Lipinski definition) is 3. The number of rotatable bonds is 4. The van der Waals surface area contributed by atoms with Crippen molar-refractivity contribution in [3.8, 4) is 5.75 Å². The van der Waals surface area contributed by atoms with Crippen LogP contribution in [0.25, 0.3) is 0 Å². The fourth-order valence-electron chi connectivity index (χ4n) is 3.07. The fourth-order valence-corrected chi connectivity index (χ4v) is 3.07. The van der Waals surface area contributed by atoms with Gasteiger partial charge in [-0.15, -0.1) is 0 Å². The van der Waals surface area contributed by atoms with Crippen molar-refractivity contribution < 1.29 is 19.4 Å². The maximum Gasteiger partial charge on any atom is 0.338 e. The first-order valence-electron chi connectivity index (χ1n) is 8.56. The van der Waals surface area contributed by atoms with E-state index in [1.54, 1.807) is 6.92 Å². The van der Waals surface area contributed by atoms with E-state index in [4.69, 9.17) is 4.74 Å². The van der Waals surface area contributed by atoms with E-state index in [-0.39, 0.29) is 17.9 Å². The standard InChI is InChI=1S/C19H20N2O5/c1-2-26-19(25)11-7-9-12(10-8-11)20-17(23)15-16(22)13-5-3-4-6-14(13)21-18(15)24/h7-10H,2-6H2,1H3,(H,20,23)(H2,21,22,24). The van der Waals surface area contributed by atoms with E-state index in [9.17, 15) is 19.5 Å². The van der Waals surface area contributed by atoms with E-state index >= 15 is 0 Å². The predicted octanol–water partition coefficient (Wildman–Crippen LogP) is 2.39. The summed E-state index contributed by atoms with van der Waals surface area (Å²) < 4.78 is 4.90. The van der Waals surface area contributed by atoms with Gasteiger partial charge in [-0.1, -0.05) is 0 Å². The van der Waals surface area contributed by atoms with E-state index in [1.807, 2.05) is 0 Å². The highest BCUT2D eigenvalue weighted by molar-refractivity contribution is 6.06. The molecule has 1 aromatic heterocycles. The van der Waals surface area contributed by atoms with Crippen molar-refractivity contribution in [2.75, 3.05) is 11.9 Å². The third kappa shape index (κ3) is 3.46. The number of ether oxygens (including phenoxy) is 1. The first-order valence-corrected chi connectivity index (χ1v) is 8.56. The second kappa shape index (κ2) is 7.43. The molecule has 0 spiro atoms. The fraction of sp³-hybridized carbons (Fsp3) is 0.316. The minimum atomic E-state index is -0.694. The molecule has 0 radical (unpaired) electrons. The zero-order valence-electron chi connectivity index (χ0n) is 14.4. The van der Waals surface area contributed by atoms with E-state index in [2.05, 4.69) is 10.3 Å². The van der Waals surface area contributed by atoms with Crippen molar-refractivity contribution in [3.63, 3.8) is 0 Å². The van der Waals surface area contributed by atoms with Crippen molar-refractivity contribution in [2.45, 2.75) is 32.6 Å². The minimum Gasteiger partial charge on any atom is -0.507 e. The second-order valence-corrected chi connectivity index (χ2v) is 6.09. The van der Waals surface area contributed by atoms with Gasteiger partial charge in [-0.25, -0.2) is 4.79 Å². The number of fused-ring (bicyclic) bond motifs is 1. The number of H-pyrrole nitrogens is 1. The first-order chi connectivity index (χ1) is 12.5. The SMILES string of the molecule is CCOC(=O)c1ccc(NC(=O)c2c(O)c3c([nH]c2=O)CCCC3)cc1. The Morgan fingerprint density at radius 3 is 2.58 bits per heavy atom. The summed E-state index contributed by atoms with van der Waals surface area (Å²) in [4.78, 5) is 39.0. The number of aromatic nitrogens is 1. The van der Waals surface area contributed by atoms with Gasteiger partial charge in [0, 0.05) is 16.9 Å². The van der Waals surface area contributed by atoms with Crippen LogP contribution in [-0.4, -0.2) is 28.6 Å². The molecule has 26 heavy (non-hydrogen) atoms. The average molecular weight is 356 g/mol. The molecule has 0 saturated carbocycles. The topological polar surface area (TPSA) is 108 Å². The van der Waals surface area contributed by atoms with Crippen LogP contribution < -0.4 is 10.9 Å². The molecule has 0 saturated heterocycles. The summed E-state index contributed by atoms with van der Waals surface area (Å²) in [6.07, 6.45) is 3.17. The Morgan fingerprint density at radius 1 is 1.19 bits per heavy atom. The van der Waals surface area contributed by atoms with E-state index in [0.717, 1.165) is 12.8 Å². The number of hydrogen-bond acceptors (Lipinski definition) is 5. The van der Waals surface area contributed by atoms with Crippen molar-refractivity contribution in [3.05, 3.63) is 57.0 Å². The van der Waals surface area contributed by atoms with Crippen LogP contribution in [0.2, 0.25) is 0 Å². The van der Waals surface area contributed by atoms with Crippen LogP contribution >= 0.6 is 0 Å². The Morgan fingerprint density at radius 2 is 1.88 bits per heavy atom. The van der Waals surface area contributed by atoms with Crippen molar-refractivity contribution in [1.29, 1.82) is 0 Å². The number of aromatic amines is 1. The number of carbonyl (C=O) groups is 2. The zero-order chi connectivity index (χ0) is 18.7. The lowest BCUT2D eigenvalue weighted by Crippen LogP contribution is -2.26. The molecule has 3 rings (SSSR count). The normalized spacial score (nSPS) is 13.0. The monoisotopic (exact) mass is 356 g/mol. The Bertz CT molecular complexity index is 899. The number of esters is 1. The molecule has 0 atom stereocenters. The molecule has 0 fully saturated rings. The summed E-state index contributed by atoms with van der Waals surface area (Å²) in [6.45, 7) is 1.99. The Balaban J connectivity index is 1.82. The Hall–Kier alpha value is -3.09. The van der Waals surface area contributed by atoms with Crippen molar-refractivity contribution >= 4 is 17.6 Å². The van der Waals surface area contributed by atoms with Crippen LogP contribution in [0, 0.1) is 0 Å². The Labute approximate surface area is 150 Å². The summed E-state index contributed by atoms with van der Waals surface area (Å²) in [5.74, 6) is -1.39. The van der Waals surface area contributed by atoms with Crippen LogP contribution in [0.1, 0.15) is 51.7 Å². The number of pyridine rings is 1. The van der Waals surface area contributed by atoms with Gasteiger partial charge in [-0.3, -0.25) is 9.59 Å². The van der Waals surface area contributed by atoms with Crippen LogP contribution in [0.15, 0.2) is 29.1 Å². The highest BCUT2D eigenvalue weighted by atomic mass is 16.5. The molecule has 0 aliphatic heterocycles. The molecule has 1 aliphatic rings. The van der Waals surface area contributed by atoms with Gasteiger partial charge in [-0.05, 0) is 56.9 Å². The van der Waals surface area contributed by atoms with Crippen LogP contribution in [-0.2, 0) is 17.6 Å². The lowest BCUT2D eigenvalue weighted by molar-refractivity contribution is 0.0526. The van der Waals surface area contributed by atoms with E-state index in [0.29, 0.717) is 35.3 Å². The molecule has 136 valence electrons. The van der Waals surface area contributed by atoms with Crippen LogP contribution in [0.4, 0.5) is 5.69 Å². The second-order valence-electron chi connectivity index (χ2n) is 6.09. The lowest BCUT2D eigenvalue weighted by Gasteiger charge is -2.18. The molecular formula is C19H20N2O5. The van der Waals surface area contributed by atoms with Crippen LogP contribution in [0.5, 0.6) is 5.75 Å². The predicted molar refractivity (Wildman–Crippen MR) is 95.7 cm³/mol. The molecule has 7 nitrogen and oxygen atoms in total. The summed E-state index contributed by atoms with van der Waals surface area (Å²) in [6, 6.07) is 6.11. The van der Waals surface area contributed by atoms with Gasteiger partial charge in [0.05, 0.1) is 12.2 Å². The molecule has 1 aromatic carbocycles. The molecule has 1 aliphatic carbocycles. The number of aryl methyl sites for hydroxylation is 1. The van der Waals surface area contributed by atoms with Gasteiger partial charge in [0.15, 0.2) is 0 Å². The quantitative estimate of drug-likeness (QED) is 0.729. The summed E-state index contributed by atoms with van der Waals surface area (Å²) in [5.41, 5.74) is 1.20. The molecule has 1 amide bonds. The summed E-state index contributed by atoms with van der Waals surface area (Å²) in [7, 11) is 0. The van der Waals surface area contributed by atoms with Gasteiger partial charge in [0.2, 0.25) is 0 Å². The number of benzene rings is 1. The maximum absolute atomic E-state index is 12.5. The van der Waals surface area contributed by atoms with Gasteiger partial charge >= 0.3 is 5.97 Å². The highest BCUT2D eigenvalue weighted by Gasteiger charge is 2.24. The van der Waals surface area contributed by atoms with Crippen LogP contribution in [0.3, 0.4) is 0 Å². The number of anilines is 1. The number of aromatic hydroxyl groups is 1. The zero-order valence-corrected chi connectivity index (χ0v) is 14.4. The van der Waals surface area contributed by atoms with Gasteiger partial charge in [0.1, 0.15) is 11.3 Å². The van der Waals surface area contributed by atoms with Gasteiger partial charge in [-0.2, -0.15) is 0 Å². The third-order valence-electron chi connectivity index (χ3n) is 4.36. The molecular weight excluding hydrogens is 336 g/mol. The third-order valence-corrected chi connectivity index (χ3v) is 4.36. The van der Waals surface area contributed by atoms with Gasteiger partial charge in [0.25, 0.3) is 11.5 Å². The molecule has 1 heterocycles. The maximum atomic E-state index is 12.5. The molecule has 2 aromatic rings. The molecule has 7 heteroatoms. The minimum absolute atomic E-state index is 0.246. The Kier molecular flexibility index (Phi) is 5.06. The summed E-state index contributed by atoms with van der Waals surface area (Å²) >= 11 is 0. The lowest BCUT2D eigenvalue weighted by atomic mass is 9.93. The smallest absolute Gasteiger partial charge is 0.338 e. The van der Waals surface area contributed by atoms with Crippen molar-refractivity contribution in [2.24, 2.45) is 0 Å². The molecule has 0 unspecified atom stereocenters. The number of carbonyl (C=O) groups excluding carboxylic acids is 2. The van der Waals surface area contributed by atoms with E-state index < -0.39 is 17.4 Å². The van der Waals surface area contributed by atoms with E-state index in [1.165, 1.54) is 24.3 Å². The largest absolute Gasteiger partial charge is 0.507 e.